The van der Waals surface area contributed by atoms with E-state index in [0.29, 0.717) is 13.0 Å². The highest BCUT2D eigenvalue weighted by Gasteiger charge is 1.94. The summed E-state index contributed by atoms with van der Waals surface area (Å²) in [6.07, 6.45) is 2.35. The molecule has 0 aromatic heterocycles. The predicted octanol–water partition coefficient (Wildman–Crippen LogP) is -0.209. The first kappa shape index (κ1) is 8.94. The number of primary amides is 1. The van der Waals surface area contributed by atoms with E-state index in [9.17, 15) is 4.79 Å². The minimum absolute atomic E-state index is 0.279. The summed E-state index contributed by atoms with van der Waals surface area (Å²) in [4.78, 5) is 11.9. The summed E-state index contributed by atoms with van der Waals surface area (Å²) >= 11 is 0. The maximum Gasteiger partial charge on any atom is 0.217 e. The number of nitrogens with two attached hydrogens (primary N) is 1. The number of carbonyl (C=O) groups is 1. The molecule has 1 amide bonds. The molecule has 0 radical (unpaired) electrons. The van der Waals surface area contributed by atoms with Crippen LogP contribution in [0.1, 0.15) is 12.8 Å². The average molecular weight is 143 g/mol. The number of carbonyl (C=O) groups excluding carboxylic acids is 1. The van der Waals surface area contributed by atoms with E-state index in [4.69, 9.17) is 11.1 Å². The van der Waals surface area contributed by atoms with Gasteiger partial charge in [0, 0.05) is 20.0 Å². The number of amides is 1. The Morgan fingerprint density at radius 1 is 1.80 bits per heavy atom. The third kappa shape index (κ3) is 5.08. The zero-order valence-electron chi connectivity index (χ0n) is 6.13. The van der Waals surface area contributed by atoms with Crippen LogP contribution in [0.25, 0.3) is 0 Å². The predicted molar refractivity (Wildman–Crippen MR) is 39.8 cm³/mol. The molecule has 0 aliphatic rings. The van der Waals surface area contributed by atoms with Crippen LogP contribution in [-0.2, 0) is 4.79 Å². The van der Waals surface area contributed by atoms with Crippen molar-refractivity contribution in [3.05, 3.63) is 0 Å². The van der Waals surface area contributed by atoms with Crippen molar-refractivity contribution in [3.8, 4) is 0 Å². The summed E-state index contributed by atoms with van der Waals surface area (Å²) < 4.78 is 0. The van der Waals surface area contributed by atoms with Crippen molar-refractivity contribution in [2.45, 2.75) is 12.8 Å². The Morgan fingerprint density at radius 2 is 2.40 bits per heavy atom. The van der Waals surface area contributed by atoms with Crippen LogP contribution in [-0.4, -0.2) is 30.7 Å². The number of nitrogens with zero attached hydrogens (tertiary/aromatic N) is 1. The lowest BCUT2D eigenvalue weighted by molar-refractivity contribution is -0.118. The molecule has 0 fully saturated rings. The van der Waals surface area contributed by atoms with Gasteiger partial charge in [-0.25, -0.2) is 0 Å². The molecule has 0 aliphatic carbocycles. The largest absolute Gasteiger partial charge is 0.370 e. The molecule has 58 valence electrons. The second kappa shape index (κ2) is 4.78. The normalized spacial score (nSPS) is 8.90. The van der Waals surface area contributed by atoms with E-state index in [1.54, 1.807) is 11.9 Å². The van der Waals surface area contributed by atoms with Gasteiger partial charge < -0.3 is 10.6 Å². The SMILES string of the molecule is CN(C=N)CCCC(N)=O. The van der Waals surface area contributed by atoms with E-state index >= 15 is 0 Å². The number of hydrogen-bond acceptors (Lipinski definition) is 2. The Morgan fingerprint density at radius 3 is 2.80 bits per heavy atom. The lowest BCUT2D eigenvalue weighted by Crippen LogP contribution is -2.19. The zero-order chi connectivity index (χ0) is 7.98. The minimum atomic E-state index is -0.279. The Bertz CT molecular complexity index is 124. The summed E-state index contributed by atoms with van der Waals surface area (Å²) in [6.45, 7) is 0.715. The summed E-state index contributed by atoms with van der Waals surface area (Å²) in [5, 5.41) is 6.78. The third-order valence-corrected chi connectivity index (χ3v) is 1.15. The highest BCUT2D eigenvalue weighted by Crippen LogP contribution is 1.88. The van der Waals surface area contributed by atoms with Gasteiger partial charge in [-0.1, -0.05) is 0 Å². The molecule has 0 atom stereocenters. The smallest absolute Gasteiger partial charge is 0.217 e. The van der Waals surface area contributed by atoms with Gasteiger partial charge >= 0.3 is 0 Å². The Balaban J connectivity index is 3.19. The fourth-order valence-corrected chi connectivity index (χ4v) is 0.567. The topological polar surface area (TPSA) is 70.2 Å². The van der Waals surface area contributed by atoms with Gasteiger partial charge in [0.15, 0.2) is 0 Å². The molecule has 0 spiro atoms. The monoisotopic (exact) mass is 143 g/mol. The quantitative estimate of drug-likeness (QED) is 0.413. The fourth-order valence-electron chi connectivity index (χ4n) is 0.567. The standard InChI is InChI=1S/C6H13N3O/c1-9(5-7)4-2-3-6(8)10/h5,7H,2-4H2,1H3,(H2,8,10). The van der Waals surface area contributed by atoms with Gasteiger partial charge in [0.1, 0.15) is 0 Å². The fraction of sp³-hybridized carbons (Fsp3) is 0.667. The van der Waals surface area contributed by atoms with Crippen LogP contribution in [0.5, 0.6) is 0 Å². The highest BCUT2D eigenvalue weighted by molar-refractivity contribution is 5.73. The van der Waals surface area contributed by atoms with E-state index in [2.05, 4.69) is 0 Å². The summed E-state index contributed by atoms with van der Waals surface area (Å²) in [5.74, 6) is -0.279. The van der Waals surface area contributed by atoms with Crippen molar-refractivity contribution >= 4 is 12.2 Å². The van der Waals surface area contributed by atoms with Crippen LogP contribution in [0.15, 0.2) is 0 Å². The van der Waals surface area contributed by atoms with Gasteiger partial charge in [-0.15, -0.1) is 0 Å². The Hall–Kier alpha value is -1.06. The second-order valence-electron chi connectivity index (χ2n) is 2.18. The molecule has 4 nitrogen and oxygen atoms in total. The number of nitrogens with one attached hydrogen (secondary N) is 1. The van der Waals surface area contributed by atoms with Crippen LogP contribution in [0, 0.1) is 5.41 Å². The summed E-state index contributed by atoms with van der Waals surface area (Å²) in [6, 6.07) is 0. The molecule has 0 bridgehead atoms. The van der Waals surface area contributed by atoms with Gasteiger partial charge in [0.2, 0.25) is 5.91 Å². The molecule has 0 heterocycles. The number of rotatable bonds is 5. The minimum Gasteiger partial charge on any atom is -0.370 e. The number of hydrogen-bond donors (Lipinski definition) is 2. The molecule has 0 saturated carbocycles. The molecule has 0 aliphatic heterocycles. The Kier molecular flexibility index (Phi) is 4.28. The average Bonchev–Trinajstić information content (AvgIpc) is 1.87. The van der Waals surface area contributed by atoms with Crippen LogP contribution in [0.3, 0.4) is 0 Å². The van der Waals surface area contributed by atoms with Crippen LogP contribution >= 0.6 is 0 Å². The first-order chi connectivity index (χ1) is 4.66. The van der Waals surface area contributed by atoms with Crippen molar-refractivity contribution in [1.29, 1.82) is 5.41 Å². The zero-order valence-corrected chi connectivity index (χ0v) is 6.13. The van der Waals surface area contributed by atoms with E-state index < -0.39 is 0 Å². The van der Waals surface area contributed by atoms with Crippen LogP contribution in [0.2, 0.25) is 0 Å². The molecule has 0 rings (SSSR count). The molecule has 10 heavy (non-hydrogen) atoms. The van der Waals surface area contributed by atoms with Crippen molar-refractivity contribution < 1.29 is 4.79 Å². The molecule has 0 aromatic carbocycles. The van der Waals surface area contributed by atoms with Crippen molar-refractivity contribution in [3.63, 3.8) is 0 Å². The maximum absolute atomic E-state index is 10.2. The van der Waals surface area contributed by atoms with Gasteiger partial charge in [-0.05, 0) is 6.42 Å². The molecular weight excluding hydrogens is 130 g/mol. The molecule has 0 unspecified atom stereocenters. The molecule has 0 saturated heterocycles. The van der Waals surface area contributed by atoms with Crippen molar-refractivity contribution in [2.24, 2.45) is 5.73 Å². The first-order valence-electron chi connectivity index (χ1n) is 3.16. The Labute approximate surface area is 60.5 Å². The lowest BCUT2D eigenvalue weighted by Gasteiger charge is -2.09. The van der Waals surface area contributed by atoms with Gasteiger partial charge in [-0.3, -0.25) is 10.2 Å². The summed E-state index contributed by atoms with van der Waals surface area (Å²) in [7, 11) is 1.79. The molecule has 3 N–H and O–H groups in total. The van der Waals surface area contributed by atoms with E-state index in [1.807, 2.05) is 0 Å². The van der Waals surface area contributed by atoms with Crippen molar-refractivity contribution in [2.75, 3.05) is 13.6 Å². The van der Waals surface area contributed by atoms with Crippen LogP contribution in [0.4, 0.5) is 0 Å². The van der Waals surface area contributed by atoms with Gasteiger partial charge in [0.05, 0.1) is 6.34 Å². The molecule has 0 aromatic rings. The molecular formula is C6H13N3O. The van der Waals surface area contributed by atoms with Gasteiger partial charge in [-0.2, -0.15) is 0 Å². The van der Waals surface area contributed by atoms with Crippen molar-refractivity contribution in [1.82, 2.24) is 4.90 Å². The maximum atomic E-state index is 10.2. The lowest BCUT2D eigenvalue weighted by atomic mass is 10.3. The first-order valence-corrected chi connectivity index (χ1v) is 3.16. The highest BCUT2D eigenvalue weighted by atomic mass is 16.1. The summed E-state index contributed by atoms with van der Waals surface area (Å²) in [5.41, 5.74) is 4.91. The van der Waals surface area contributed by atoms with Gasteiger partial charge in [0.25, 0.3) is 0 Å². The second-order valence-corrected chi connectivity index (χ2v) is 2.18. The molecule has 4 heteroatoms. The third-order valence-electron chi connectivity index (χ3n) is 1.15. The van der Waals surface area contributed by atoms with E-state index in [1.165, 1.54) is 6.34 Å². The van der Waals surface area contributed by atoms with E-state index in [0.717, 1.165) is 6.42 Å². The van der Waals surface area contributed by atoms with Crippen LogP contribution < -0.4 is 5.73 Å². The van der Waals surface area contributed by atoms with E-state index in [-0.39, 0.29) is 5.91 Å².